The summed E-state index contributed by atoms with van der Waals surface area (Å²) < 4.78 is 0. The van der Waals surface area contributed by atoms with Crippen LogP contribution in [0.4, 0.5) is 5.69 Å². The molecular weight excluding hydrogens is 454 g/mol. The molecule has 8 heteroatoms. The molecule has 36 heavy (non-hydrogen) atoms. The van der Waals surface area contributed by atoms with Crippen molar-refractivity contribution >= 4 is 34.3 Å². The molecule has 0 aliphatic carbocycles. The Kier molecular flexibility index (Phi) is 5.68. The summed E-state index contributed by atoms with van der Waals surface area (Å²) >= 11 is 0. The summed E-state index contributed by atoms with van der Waals surface area (Å²) in [5.41, 5.74) is 4.90. The number of imide groups is 1. The van der Waals surface area contributed by atoms with Crippen molar-refractivity contribution in [2.75, 3.05) is 25.0 Å². The lowest BCUT2D eigenvalue weighted by atomic mass is 10.0. The van der Waals surface area contributed by atoms with E-state index in [0.29, 0.717) is 24.6 Å². The SMILES string of the molecule is CN(c1ccc2c(c1)CN(C1CCC(=O)NC1=O)C2=O)[C@@H]1CCN(Cc2cnc3ccccc3c2)C1. The monoisotopic (exact) mass is 483 g/mol. The van der Waals surface area contributed by atoms with Crippen molar-refractivity contribution in [1.82, 2.24) is 20.1 Å². The number of benzene rings is 2. The molecule has 1 unspecified atom stereocenters. The lowest BCUT2D eigenvalue weighted by molar-refractivity contribution is -0.136. The molecule has 3 aliphatic rings. The molecule has 3 aliphatic heterocycles. The molecule has 8 nitrogen and oxygen atoms in total. The Morgan fingerprint density at radius 3 is 2.81 bits per heavy atom. The maximum Gasteiger partial charge on any atom is 0.255 e. The number of pyridine rings is 1. The van der Waals surface area contributed by atoms with Gasteiger partial charge in [-0.05, 0) is 54.3 Å². The lowest BCUT2D eigenvalue weighted by Crippen LogP contribution is -2.52. The fourth-order valence-corrected chi connectivity index (χ4v) is 5.72. The van der Waals surface area contributed by atoms with E-state index in [1.54, 1.807) is 4.90 Å². The third-order valence-electron chi connectivity index (χ3n) is 7.76. The predicted octanol–water partition coefficient (Wildman–Crippen LogP) is 2.71. The molecule has 0 spiro atoms. The number of fused-ring (bicyclic) bond motifs is 2. The van der Waals surface area contributed by atoms with Crippen LogP contribution in [0, 0.1) is 0 Å². The van der Waals surface area contributed by atoms with Gasteiger partial charge in [0.25, 0.3) is 5.91 Å². The van der Waals surface area contributed by atoms with Gasteiger partial charge in [0.15, 0.2) is 0 Å². The smallest absolute Gasteiger partial charge is 0.255 e. The van der Waals surface area contributed by atoms with Gasteiger partial charge in [0.05, 0.1) is 5.52 Å². The quantitative estimate of drug-likeness (QED) is 0.562. The Hall–Kier alpha value is -3.78. The topological polar surface area (TPSA) is 85.8 Å². The molecular formula is C28H29N5O3. The zero-order valence-corrected chi connectivity index (χ0v) is 20.3. The summed E-state index contributed by atoms with van der Waals surface area (Å²) in [5, 5.41) is 3.53. The number of likely N-dealkylation sites (N-methyl/N-ethyl adjacent to an activating group) is 1. The van der Waals surface area contributed by atoms with Crippen LogP contribution in [0.15, 0.2) is 54.7 Å². The highest BCUT2D eigenvalue weighted by Crippen LogP contribution is 2.32. The molecule has 1 aromatic heterocycles. The standard InChI is InChI=1S/C28H29N5O3/c1-31(22-10-11-32(17-22)15-18-12-19-4-2-3-5-24(19)29-14-18)21-6-7-23-20(13-21)16-33(28(23)36)25-8-9-26(34)30-27(25)35/h2-7,12-14,22,25H,8-11,15-17H2,1H3,(H,30,34,35)/t22-,25?/m1/s1. The van der Waals surface area contributed by atoms with Crippen molar-refractivity contribution in [3.8, 4) is 0 Å². The molecule has 3 amide bonds. The third kappa shape index (κ3) is 4.11. The number of anilines is 1. The van der Waals surface area contributed by atoms with E-state index in [4.69, 9.17) is 0 Å². The highest BCUT2D eigenvalue weighted by atomic mass is 16.2. The van der Waals surface area contributed by atoms with Crippen LogP contribution < -0.4 is 10.2 Å². The van der Waals surface area contributed by atoms with Crippen molar-refractivity contribution in [2.24, 2.45) is 0 Å². The number of nitrogens with zero attached hydrogens (tertiary/aromatic N) is 4. The van der Waals surface area contributed by atoms with Gasteiger partial charge in [0, 0.05) is 68.5 Å². The predicted molar refractivity (Wildman–Crippen MR) is 136 cm³/mol. The van der Waals surface area contributed by atoms with E-state index in [2.05, 4.69) is 45.3 Å². The second-order valence-electron chi connectivity index (χ2n) is 10.1. The number of para-hydroxylation sites is 1. The van der Waals surface area contributed by atoms with Gasteiger partial charge in [-0.2, -0.15) is 0 Å². The maximum absolute atomic E-state index is 13.0. The number of hydrogen-bond acceptors (Lipinski definition) is 6. The van der Waals surface area contributed by atoms with E-state index in [-0.39, 0.29) is 24.1 Å². The summed E-state index contributed by atoms with van der Waals surface area (Å²) in [6, 6.07) is 16.2. The van der Waals surface area contributed by atoms with Gasteiger partial charge in [-0.15, -0.1) is 0 Å². The largest absolute Gasteiger partial charge is 0.370 e. The number of nitrogens with one attached hydrogen (secondary N) is 1. The molecule has 0 bridgehead atoms. The molecule has 1 N–H and O–H groups in total. The number of carbonyl (C=O) groups excluding carboxylic acids is 3. The van der Waals surface area contributed by atoms with Crippen LogP contribution in [0.25, 0.3) is 10.9 Å². The average Bonchev–Trinajstić information content (AvgIpc) is 3.47. The van der Waals surface area contributed by atoms with Crippen molar-refractivity contribution < 1.29 is 14.4 Å². The number of aromatic nitrogens is 1. The van der Waals surface area contributed by atoms with E-state index in [1.807, 2.05) is 36.5 Å². The highest BCUT2D eigenvalue weighted by molar-refractivity contribution is 6.05. The minimum Gasteiger partial charge on any atom is -0.370 e. The molecule has 2 saturated heterocycles. The molecule has 184 valence electrons. The first-order chi connectivity index (χ1) is 17.5. The van der Waals surface area contributed by atoms with Crippen LogP contribution in [0.5, 0.6) is 0 Å². The Balaban J connectivity index is 1.12. The van der Waals surface area contributed by atoms with Crippen molar-refractivity contribution in [1.29, 1.82) is 0 Å². The summed E-state index contributed by atoms with van der Waals surface area (Å²) in [6.45, 7) is 3.26. The molecule has 2 fully saturated rings. The van der Waals surface area contributed by atoms with Crippen LogP contribution in [0.3, 0.4) is 0 Å². The molecule has 2 atom stereocenters. The van der Waals surface area contributed by atoms with Gasteiger partial charge < -0.3 is 9.80 Å². The minimum absolute atomic E-state index is 0.135. The van der Waals surface area contributed by atoms with Crippen molar-refractivity contribution in [3.05, 3.63) is 71.4 Å². The van der Waals surface area contributed by atoms with Gasteiger partial charge in [-0.25, -0.2) is 0 Å². The van der Waals surface area contributed by atoms with E-state index >= 15 is 0 Å². The van der Waals surface area contributed by atoms with Crippen molar-refractivity contribution in [2.45, 2.75) is 44.4 Å². The first kappa shape index (κ1) is 22.7. The van der Waals surface area contributed by atoms with Crippen LogP contribution in [0.2, 0.25) is 0 Å². The summed E-state index contributed by atoms with van der Waals surface area (Å²) in [7, 11) is 2.11. The summed E-state index contributed by atoms with van der Waals surface area (Å²) in [5.74, 6) is -0.783. The fourth-order valence-electron chi connectivity index (χ4n) is 5.72. The fraction of sp³-hybridized carbons (Fsp3) is 0.357. The number of piperidine rings is 1. The Morgan fingerprint density at radius 1 is 1.08 bits per heavy atom. The number of rotatable bonds is 5. The second kappa shape index (κ2) is 9.02. The third-order valence-corrected chi connectivity index (χ3v) is 7.76. The summed E-state index contributed by atoms with van der Waals surface area (Å²) in [4.78, 5) is 47.8. The Labute approximate surface area is 209 Å². The van der Waals surface area contributed by atoms with Crippen LogP contribution in [-0.2, 0) is 22.7 Å². The second-order valence-corrected chi connectivity index (χ2v) is 10.1. The van der Waals surface area contributed by atoms with Gasteiger partial charge in [0.2, 0.25) is 11.8 Å². The number of likely N-dealkylation sites (tertiary alicyclic amines) is 1. The summed E-state index contributed by atoms with van der Waals surface area (Å²) in [6.07, 6.45) is 3.68. The first-order valence-electron chi connectivity index (χ1n) is 12.5. The normalized spacial score (nSPS) is 22.2. The maximum atomic E-state index is 13.0. The van der Waals surface area contributed by atoms with Crippen LogP contribution in [0.1, 0.15) is 40.7 Å². The minimum atomic E-state index is -0.586. The van der Waals surface area contributed by atoms with Crippen molar-refractivity contribution in [3.63, 3.8) is 0 Å². The molecule has 6 rings (SSSR count). The van der Waals surface area contributed by atoms with E-state index < -0.39 is 6.04 Å². The Morgan fingerprint density at radius 2 is 1.94 bits per heavy atom. The van der Waals surface area contributed by atoms with Crippen LogP contribution >= 0.6 is 0 Å². The van der Waals surface area contributed by atoms with Gasteiger partial charge in [0.1, 0.15) is 6.04 Å². The zero-order chi connectivity index (χ0) is 24.8. The lowest BCUT2D eigenvalue weighted by Gasteiger charge is -2.29. The number of hydrogen-bond donors (Lipinski definition) is 1. The van der Waals surface area contributed by atoms with Gasteiger partial charge in [-0.3, -0.25) is 29.6 Å². The van der Waals surface area contributed by atoms with E-state index in [1.165, 1.54) is 10.9 Å². The molecule has 2 aromatic carbocycles. The number of amides is 3. The Bertz CT molecular complexity index is 1370. The molecule has 4 heterocycles. The van der Waals surface area contributed by atoms with Gasteiger partial charge >= 0.3 is 0 Å². The highest BCUT2D eigenvalue weighted by Gasteiger charge is 2.39. The van der Waals surface area contributed by atoms with Gasteiger partial charge in [-0.1, -0.05) is 18.2 Å². The first-order valence-corrected chi connectivity index (χ1v) is 12.5. The van der Waals surface area contributed by atoms with Crippen LogP contribution in [-0.4, -0.2) is 64.7 Å². The van der Waals surface area contributed by atoms with E-state index in [0.717, 1.165) is 42.8 Å². The zero-order valence-electron chi connectivity index (χ0n) is 20.3. The average molecular weight is 484 g/mol. The van der Waals surface area contributed by atoms with E-state index in [9.17, 15) is 14.4 Å². The molecule has 0 saturated carbocycles. The molecule has 0 radical (unpaired) electrons. The molecule has 3 aromatic rings. The number of carbonyl (C=O) groups is 3.